The molecule has 0 bridgehead atoms. The Morgan fingerprint density at radius 1 is 1.09 bits per heavy atom. The molecular formula is C19H20O4. The van der Waals surface area contributed by atoms with Crippen molar-refractivity contribution < 1.29 is 19.4 Å². The molecule has 0 saturated carbocycles. The third-order valence-electron chi connectivity index (χ3n) is 3.57. The monoisotopic (exact) mass is 312 g/mol. The number of esters is 1. The van der Waals surface area contributed by atoms with E-state index in [0.29, 0.717) is 18.3 Å². The molecule has 4 nitrogen and oxygen atoms in total. The number of aldehydes is 1. The van der Waals surface area contributed by atoms with Gasteiger partial charge in [0.2, 0.25) is 0 Å². The summed E-state index contributed by atoms with van der Waals surface area (Å²) in [5.41, 5.74) is 2.80. The van der Waals surface area contributed by atoms with Crippen LogP contribution in [0.4, 0.5) is 0 Å². The number of benzene rings is 2. The predicted molar refractivity (Wildman–Crippen MR) is 87.9 cm³/mol. The molecule has 0 saturated heterocycles. The Morgan fingerprint density at radius 2 is 1.78 bits per heavy atom. The van der Waals surface area contributed by atoms with E-state index < -0.39 is 0 Å². The van der Waals surface area contributed by atoms with Crippen molar-refractivity contribution >= 4 is 12.3 Å². The summed E-state index contributed by atoms with van der Waals surface area (Å²) in [7, 11) is 0. The van der Waals surface area contributed by atoms with Gasteiger partial charge >= 0.3 is 5.97 Å². The smallest absolute Gasteiger partial charge is 0.338 e. The van der Waals surface area contributed by atoms with Crippen LogP contribution in [0.3, 0.4) is 0 Å². The zero-order valence-electron chi connectivity index (χ0n) is 13.1. The molecule has 120 valence electrons. The van der Waals surface area contributed by atoms with Gasteiger partial charge in [-0.3, -0.25) is 4.79 Å². The van der Waals surface area contributed by atoms with Crippen LogP contribution in [0.25, 0.3) is 0 Å². The lowest BCUT2D eigenvalue weighted by Gasteiger charge is -2.07. The maximum absolute atomic E-state index is 12.0. The number of aromatic hydroxyl groups is 1. The fourth-order valence-corrected chi connectivity index (χ4v) is 2.29. The van der Waals surface area contributed by atoms with E-state index in [1.807, 2.05) is 12.1 Å². The minimum absolute atomic E-state index is 0.0482. The number of carbonyl (C=O) groups is 2. The zero-order chi connectivity index (χ0) is 16.7. The van der Waals surface area contributed by atoms with Gasteiger partial charge in [0.1, 0.15) is 5.75 Å². The molecule has 0 atom stereocenters. The normalized spacial score (nSPS) is 10.3. The van der Waals surface area contributed by atoms with Gasteiger partial charge < -0.3 is 9.84 Å². The molecule has 1 N–H and O–H groups in total. The lowest BCUT2D eigenvalue weighted by molar-refractivity contribution is 0.0509. The second-order valence-electron chi connectivity index (χ2n) is 5.34. The molecule has 2 aromatic carbocycles. The van der Waals surface area contributed by atoms with Crippen molar-refractivity contribution in [2.45, 2.75) is 26.2 Å². The number of rotatable bonds is 7. The maximum Gasteiger partial charge on any atom is 0.338 e. The Hall–Kier alpha value is -2.62. The summed E-state index contributed by atoms with van der Waals surface area (Å²) < 4.78 is 5.25. The van der Waals surface area contributed by atoms with E-state index >= 15 is 0 Å². The molecule has 0 heterocycles. The second kappa shape index (κ2) is 8.13. The van der Waals surface area contributed by atoms with Crippen molar-refractivity contribution in [3.63, 3.8) is 0 Å². The summed E-state index contributed by atoms with van der Waals surface area (Å²) in [6.45, 7) is 2.33. The average Bonchev–Trinajstić information content (AvgIpc) is 2.57. The van der Waals surface area contributed by atoms with Gasteiger partial charge in [-0.1, -0.05) is 31.5 Å². The fourth-order valence-electron chi connectivity index (χ4n) is 2.29. The van der Waals surface area contributed by atoms with E-state index in [4.69, 9.17) is 4.74 Å². The van der Waals surface area contributed by atoms with Crippen molar-refractivity contribution in [1.82, 2.24) is 0 Å². The van der Waals surface area contributed by atoms with Crippen LogP contribution in [0.1, 0.15) is 45.2 Å². The van der Waals surface area contributed by atoms with Crippen molar-refractivity contribution in [2.24, 2.45) is 0 Å². The average molecular weight is 312 g/mol. The van der Waals surface area contributed by atoms with Crippen molar-refractivity contribution in [3.05, 3.63) is 64.7 Å². The van der Waals surface area contributed by atoms with Crippen LogP contribution in [-0.4, -0.2) is 24.0 Å². The fraction of sp³-hybridized carbons (Fsp3) is 0.263. The summed E-state index contributed by atoms with van der Waals surface area (Å²) in [6, 6.07) is 12.2. The molecule has 2 aromatic rings. The van der Waals surface area contributed by atoms with E-state index in [1.54, 1.807) is 24.3 Å². The van der Waals surface area contributed by atoms with Gasteiger partial charge in [0.25, 0.3) is 0 Å². The highest BCUT2D eigenvalue weighted by Gasteiger charge is 2.08. The molecule has 0 fully saturated rings. The van der Waals surface area contributed by atoms with Crippen LogP contribution in [0, 0.1) is 0 Å². The van der Waals surface area contributed by atoms with Gasteiger partial charge in [-0.05, 0) is 41.8 Å². The van der Waals surface area contributed by atoms with Crippen LogP contribution >= 0.6 is 0 Å². The zero-order valence-corrected chi connectivity index (χ0v) is 13.1. The minimum atomic E-state index is -0.359. The molecule has 0 aliphatic carbocycles. The first-order chi connectivity index (χ1) is 11.1. The van der Waals surface area contributed by atoms with Gasteiger partial charge in [0.15, 0.2) is 6.29 Å². The first kappa shape index (κ1) is 16.7. The third-order valence-corrected chi connectivity index (χ3v) is 3.57. The van der Waals surface area contributed by atoms with Crippen LogP contribution in [0.15, 0.2) is 42.5 Å². The molecule has 0 aliphatic rings. The molecule has 23 heavy (non-hydrogen) atoms. The highest BCUT2D eigenvalue weighted by atomic mass is 16.5. The minimum Gasteiger partial charge on any atom is -0.507 e. The molecule has 2 rings (SSSR count). The number of aryl methyl sites for hydroxylation is 1. The summed E-state index contributed by atoms with van der Waals surface area (Å²) in [6.07, 6.45) is 3.15. The first-order valence-corrected chi connectivity index (χ1v) is 7.67. The largest absolute Gasteiger partial charge is 0.507 e. The first-order valence-electron chi connectivity index (χ1n) is 7.67. The standard InChI is InChI=1S/C19H20O4/c1-2-3-14-4-7-16(8-5-14)19(22)23-11-10-15-6-9-18(21)17(12-15)13-20/h4-9,12-13,21H,2-3,10-11H2,1H3. The Kier molecular flexibility index (Phi) is 5.92. The number of phenols is 1. The quantitative estimate of drug-likeness (QED) is 0.627. The Bertz CT molecular complexity index is 674. The van der Waals surface area contributed by atoms with Crippen LogP contribution < -0.4 is 0 Å². The lowest BCUT2D eigenvalue weighted by Crippen LogP contribution is -2.08. The molecular weight excluding hydrogens is 292 g/mol. The summed E-state index contributed by atoms with van der Waals surface area (Å²) in [4.78, 5) is 22.7. The summed E-state index contributed by atoms with van der Waals surface area (Å²) >= 11 is 0. The number of phenolic OH excluding ortho intramolecular Hbond substituents is 1. The van der Waals surface area contributed by atoms with E-state index in [1.165, 1.54) is 11.6 Å². The topological polar surface area (TPSA) is 63.6 Å². The number of carbonyl (C=O) groups excluding carboxylic acids is 2. The molecule has 0 aliphatic heterocycles. The van der Waals surface area contributed by atoms with Gasteiger partial charge in [-0.15, -0.1) is 0 Å². The van der Waals surface area contributed by atoms with E-state index in [-0.39, 0.29) is 23.9 Å². The summed E-state index contributed by atoms with van der Waals surface area (Å²) in [5.74, 6) is -0.407. The van der Waals surface area contributed by atoms with Crippen LogP contribution in [0.2, 0.25) is 0 Å². The van der Waals surface area contributed by atoms with E-state index in [0.717, 1.165) is 18.4 Å². The highest BCUT2D eigenvalue weighted by Crippen LogP contribution is 2.17. The Balaban J connectivity index is 1.88. The lowest BCUT2D eigenvalue weighted by atomic mass is 10.1. The second-order valence-corrected chi connectivity index (χ2v) is 5.34. The van der Waals surface area contributed by atoms with Crippen molar-refractivity contribution in [1.29, 1.82) is 0 Å². The SMILES string of the molecule is CCCc1ccc(C(=O)OCCc2ccc(O)c(C=O)c2)cc1. The molecule has 0 unspecified atom stereocenters. The Labute approximate surface area is 135 Å². The summed E-state index contributed by atoms with van der Waals surface area (Å²) in [5, 5.41) is 9.44. The number of ether oxygens (including phenoxy) is 1. The molecule has 0 spiro atoms. The van der Waals surface area contributed by atoms with Gasteiger partial charge in [0, 0.05) is 6.42 Å². The van der Waals surface area contributed by atoms with Crippen LogP contribution in [-0.2, 0) is 17.6 Å². The Morgan fingerprint density at radius 3 is 2.43 bits per heavy atom. The predicted octanol–water partition coefficient (Wildman–Crippen LogP) is 3.56. The van der Waals surface area contributed by atoms with Gasteiger partial charge in [0.05, 0.1) is 17.7 Å². The molecule has 0 radical (unpaired) electrons. The van der Waals surface area contributed by atoms with E-state index in [2.05, 4.69) is 6.92 Å². The molecule has 0 amide bonds. The molecule has 0 aromatic heterocycles. The number of hydrogen-bond acceptors (Lipinski definition) is 4. The van der Waals surface area contributed by atoms with Gasteiger partial charge in [-0.2, -0.15) is 0 Å². The maximum atomic E-state index is 12.0. The number of hydrogen-bond donors (Lipinski definition) is 1. The highest BCUT2D eigenvalue weighted by molar-refractivity contribution is 5.89. The van der Waals surface area contributed by atoms with E-state index in [9.17, 15) is 14.7 Å². The third kappa shape index (κ3) is 4.68. The van der Waals surface area contributed by atoms with Crippen molar-refractivity contribution in [3.8, 4) is 5.75 Å². The van der Waals surface area contributed by atoms with Crippen molar-refractivity contribution in [2.75, 3.05) is 6.61 Å². The van der Waals surface area contributed by atoms with Gasteiger partial charge in [-0.25, -0.2) is 4.79 Å². The van der Waals surface area contributed by atoms with Crippen LogP contribution in [0.5, 0.6) is 5.75 Å². The molecule has 4 heteroatoms.